The maximum absolute atomic E-state index is 11.8. The summed E-state index contributed by atoms with van der Waals surface area (Å²) in [6, 6.07) is 0. The zero-order valence-electron chi connectivity index (χ0n) is 8.90. The second-order valence-corrected chi connectivity index (χ2v) is 4.84. The van der Waals surface area contributed by atoms with Gasteiger partial charge in [-0.25, -0.2) is 4.79 Å². The molecule has 0 amide bonds. The number of rotatable bonds is 1. The van der Waals surface area contributed by atoms with Crippen molar-refractivity contribution >= 4 is 6.16 Å². The lowest BCUT2D eigenvalue weighted by atomic mass is 9.97. The van der Waals surface area contributed by atoms with E-state index in [0.717, 1.165) is 5.06 Å². The van der Waals surface area contributed by atoms with Gasteiger partial charge in [0.2, 0.25) is 0 Å². The van der Waals surface area contributed by atoms with E-state index in [9.17, 15) is 10.0 Å². The van der Waals surface area contributed by atoms with E-state index in [1.807, 2.05) is 0 Å². The minimum Gasteiger partial charge on any atom is -0.450 e. The first-order valence-corrected chi connectivity index (χ1v) is 4.55. The van der Waals surface area contributed by atoms with Crippen molar-refractivity contribution in [1.29, 1.82) is 0 Å². The molecular weight excluding hydrogens is 186 g/mol. The van der Waals surface area contributed by atoms with Gasteiger partial charge in [-0.3, -0.25) is 0 Å². The molecule has 0 aliphatic carbocycles. The van der Waals surface area contributed by atoms with Crippen molar-refractivity contribution in [1.82, 2.24) is 5.06 Å². The smallest absolute Gasteiger partial charge is 0.450 e. The third kappa shape index (κ3) is 1.69. The number of carboxylic acid groups (broad SMARTS) is 1. The van der Waals surface area contributed by atoms with Crippen molar-refractivity contribution in [2.45, 2.75) is 51.3 Å². The third-order valence-electron chi connectivity index (χ3n) is 2.79. The highest BCUT2D eigenvalue weighted by Crippen LogP contribution is 2.40. The topological polar surface area (TPSA) is 69.7 Å². The molecule has 14 heavy (non-hydrogen) atoms. The van der Waals surface area contributed by atoms with E-state index in [1.54, 1.807) is 27.7 Å². The molecule has 5 nitrogen and oxygen atoms in total. The average molecular weight is 202 g/mol. The molecule has 1 saturated heterocycles. The molecule has 1 radical (unpaired) electrons. The van der Waals surface area contributed by atoms with E-state index in [1.165, 1.54) is 0 Å². The molecule has 5 heteroatoms. The monoisotopic (exact) mass is 202 g/mol. The van der Waals surface area contributed by atoms with Crippen LogP contribution in [0.25, 0.3) is 0 Å². The van der Waals surface area contributed by atoms with E-state index in [4.69, 9.17) is 9.84 Å². The third-order valence-corrected chi connectivity index (χ3v) is 2.79. The van der Waals surface area contributed by atoms with E-state index in [0.29, 0.717) is 6.42 Å². The van der Waals surface area contributed by atoms with Crippen LogP contribution in [0.1, 0.15) is 34.1 Å². The summed E-state index contributed by atoms with van der Waals surface area (Å²) < 4.78 is 4.71. The Morgan fingerprint density at radius 3 is 2.21 bits per heavy atom. The highest BCUT2D eigenvalue weighted by atomic mass is 16.7. The summed E-state index contributed by atoms with van der Waals surface area (Å²) in [4.78, 5) is 10.4. The summed E-state index contributed by atoms with van der Waals surface area (Å²) in [6.07, 6.45) is -1.46. The van der Waals surface area contributed by atoms with Gasteiger partial charge < -0.3 is 9.84 Å². The average Bonchev–Trinajstić information content (AvgIpc) is 2.12. The number of carbonyl (C=O) groups is 1. The Bertz CT molecular complexity index is 249. The molecule has 1 fully saturated rings. The molecule has 1 aliphatic rings. The SMILES string of the molecule is CC1(C)CC(OC(=O)O)C(C)(C)N1[O]. The van der Waals surface area contributed by atoms with Crippen LogP contribution in [0.2, 0.25) is 0 Å². The highest BCUT2D eigenvalue weighted by Gasteiger charge is 2.54. The number of hydroxylamine groups is 2. The lowest BCUT2D eigenvalue weighted by molar-refractivity contribution is -0.251. The highest BCUT2D eigenvalue weighted by molar-refractivity contribution is 5.57. The van der Waals surface area contributed by atoms with Gasteiger partial charge in [0.1, 0.15) is 6.10 Å². The molecule has 1 heterocycles. The second kappa shape index (κ2) is 3.10. The Kier molecular flexibility index (Phi) is 2.49. The molecule has 0 aromatic rings. The number of hydrogen-bond donors (Lipinski definition) is 1. The quantitative estimate of drug-likeness (QED) is 0.656. The van der Waals surface area contributed by atoms with Crippen molar-refractivity contribution in [2.24, 2.45) is 0 Å². The number of nitrogens with zero attached hydrogens (tertiary/aromatic N) is 1. The van der Waals surface area contributed by atoms with Gasteiger partial charge in [-0.05, 0) is 27.7 Å². The minimum atomic E-state index is -1.32. The van der Waals surface area contributed by atoms with Crippen molar-refractivity contribution in [2.75, 3.05) is 0 Å². The summed E-state index contributed by atoms with van der Waals surface area (Å²) >= 11 is 0. The Morgan fingerprint density at radius 1 is 1.43 bits per heavy atom. The molecule has 0 aromatic carbocycles. The van der Waals surface area contributed by atoms with Gasteiger partial charge in [-0.2, -0.15) is 0 Å². The molecule has 0 aromatic heterocycles. The summed E-state index contributed by atoms with van der Waals surface area (Å²) in [5.74, 6) is 0. The Labute approximate surface area is 83.2 Å². The van der Waals surface area contributed by atoms with Crippen LogP contribution in [0.5, 0.6) is 0 Å². The van der Waals surface area contributed by atoms with Gasteiger partial charge >= 0.3 is 6.16 Å². The summed E-state index contributed by atoms with van der Waals surface area (Å²) in [6.45, 7) is 6.96. The van der Waals surface area contributed by atoms with Crippen LogP contribution in [0, 0.1) is 0 Å². The lowest BCUT2D eigenvalue weighted by Crippen LogP contribution is -2.48. The maximum atomic E-state index is 11.8. The van der Waals surface area contributed by atoms with E-state index >= 15 is 0 Å². The van der Waals surface area contributed by atoms with Gasteiger partial charge in [-0.15, -0.1) is 10.3 Å². The zero-order chi connectivity index (χ0) is 11.1. The van der Waals surface area contributed by atoms with Crippen molar-refractivity contribution in [3.05, 3.63) is 0 Å². The van der Waals surface area contributed by atoms with Gasteiger partial charge in [0.25, 0.3) is 0 Å². The fourth-order valence-corrected chi connectivity index (χ4v) is 2.00. The fourth-order valence-electron chi connectivity index (χ4n) is 2.00. The van der Waals surface area contributed by atoms with Gasteiger partial charge in [0.15, 0.2) is 0 Å². The van der Waals surface area contributed by atoms with E-state index in [2.05, 4.69) is 0 Å². The zero-order valence-corrected chi connectivity index (χ0v) is 8.90. The van der Waals surface area contributed by atoms with Crippen LogP contribution in [-0.2, 0) is 9.94 Å². The normalized spacial score (nSPS) is 30.2. The van der Waals surface area contributed by atoms with Crippen LogP contribution in [0.3, 0.4) is 0 Å². The summed E-state index contributed by atoms with van der Waals surface area (Å²) in [5, 5.41) is 21.2. The molecule has 1 rings (SSSR count). The molecular formula is C9H16NO4. The Morgan fingerprint density at radius 2 is 1.93 bits per heavy atom. The van der Waals surface area contributed by atoms with Crippen LogP contribution in [-0.4, -0.2) is 33.5 Å². The molecule has 1 aliphatic heterocycles. The summed E-state index contributed by atoms with van der Waals surface area (Å²) in [5.41, 5.74) is -1.36. The standard InChI is InChI=1S/C9H16NO4/c1-8(2)5-6(14-7(11)12)9(3,4)10(8)13/h6H,5H2,1-4H3,(H,11,12). The van der Waals surface area contributed by atoms with Gasteiger partial charge in [-0.1, -0.05) is 0 Å². The predicted octanol–water partition coefficient (Wildman–Crippen LogP) is 1.66. The van der Waals surface area contributed by atoms with Crippen molar-refractivity contribution in [3.8, 4) is 0 Å². The van der Waals surface area contributed by atoms with Crippen molar-refractivity contribution < 1.29 is 19.8 Å². The first-order valence-electron chi connectivity index (χ1n) is 4.55. The first-order chi connectivity index (χ1) is 6.18. The molecule has 0 spiro atoms. The van der Waals surface area contributed by atoms with Crippen LogP contribution in [0.4, 0.5) is 4.79 Å². The van der Waals surface area contributed by atoms with Gasteiger partial charge in [0, 0.05) is 12.0 Å². The molecule has 1 atom stereocenters. The van der Waals surface area contributed by atoms with Crippen LogP contribution >= 0.6 is 0 Å². The Hall–Kier alpha value is -0.810. The molecule has 1 N–H and O–H groups in total. The first kappa shape index (κ1) is 11.3. The van der Waals surface area contributed by atoms with Crippen LogP contribution < -0.4 is 0 Å². The molecule has 0 saturated carbocycles. The van der Waals surface area contributed by atoms with Crippen molar-refractivity contribution in [3.63, 3.8) is 0 Å². The Balaban J connectivity index is 2.85. The molecule has 0 bridgehead atoms. The van der Waals surface area contributed by atoms with Crippen LogP contribution in [0.15, 0.2) is 0 Å². The number of ether oxygens (including phenoxy) is 1. The number of hydrogen-bond acceptors (Lipinski definition) is 3. The van der Waals surface area contributed by atoms with E-state index < -0.39 is 23.3 Å². The predicted molar refractivity (Wildman–Crippen MR) is 48.2 cm³/mol. The van der Waals surface area contributed by atoms with Gasteiger partial charge in [0.05, 0.1) is 5.54 Å². The largest absolute Gasteiger partial charge is 0.506 e. The maximum Gasteiger partial charge on any atom is 0.506 e. The fraction of sp³-hybridized carbons (Fsp3) is 0.889. The van der Waals surface area contributed by atoms with E-state index in [-0.39, 0.29) is 0 Å². The molecule has 81 valence electrons. The minimum absolute atomic E-state index is 0.426. The second-order valence-electron chi connectivity index (χ2n) is 4.84. The lowest BCUT2D eigenvalue weighted by Gasteiger charge is -2.32. The molecule has 1 unspecified atom stereocenters. The summed E-state index contributed by atoms with van der Waals surface area (Å²) in [7, 11) is 0.